The van der Waals surface area contributed by atoms with Crippen molar-refractivity contribution in [1.29, 1.82) is 0 Å². The molecule has 6 heteroatoms. The number of fused-ring (bicyclic) bond motifs is 1. The minimum absolute atomic E-state index is 0.205. The highest BCUT2D eigenvalue weighted by Crippen LogP contribution is 2.34. The summed E-state index contributed by atoms with van der Waals surface area (Å²) in [5, 5.41) is 2.83. The molecule has 6 nitrogen and oxygen atoms in total. The number of nitrogens with one attached hydrogen (secondary N) is 1. The molecule has 1 aromatic heterocycles. The second kappa shape index (κ2) is 5.05. The number of aryl methyl sites for hydroxylation is 3. The van der Waals surface area contributed by atoms with Crippen molar-refractivity contribution in [1.82, 2.24) is 9.97 Å². The monoisotopic (exact) mass is 285 g/mol. The van der Waals surface area contributed by atoms with Gasteiger partial charge in [0.25, 0.3) is 5.91 Å². The Morgan fingerprint density at radius 1 is 1.10 bits per heavy atom. The summed E-state index contributed by atoms with van der Waals surface area (Å²) in [5.41, 5.74) is 2.47. The lowest BCUT2D eigenvalue weighted by Gasteiger charge is -2.10. The molecule has 0 radical (unpaired) electrons. The highest BCUT2D eigenvalue weighted by Gasteiger charge is 2.18. The Hall–Kier alpha value is -2.63. The second-order valence-corrected chi connectivity index (χ2v) is 4.84. The molecule has 1 N–H and O–H groups in total. The maximum absolute atomic E-state index is 12.4. The summed E-state index contributed by atoms with van der Waals surface area (Å²) in [5.74, 6) is 1.73. The Balaban J connectivity index is 1.87. The van der Waals surface area contributed by atoms with Crippen molar-refractivity contribution in [3.8, 4) is 11.5 Å². The molecule has 1 aromatic carbocycles. The molecule has 0 unspecified atom stereocenters. The molecule has 0 atom stereocenters. The lowest BCUT2D eigenvalue weighted by Crippen LogP contribution is -2.17. The molecule has 0 spiro atoms. The number of hydrogen-bond acceptors (Lipinski definition) is 5. The summed E-state index contributed by atoms with van der Waals surface area (Å²) in [6.45, 7) is 5.61. The van der Waals surface area contributed by atoms with Gasteiger partial charge in [-0.05, 0) is 32.9 Å². The number of benzene rings is 1. The lowest BCUT2D eigenvalue weighted by atomic mass is 10.1. The van der Waals surface area contributed by atoms with Crippen LogP contribution in [0.25, 0.3) is 0 Å². The van der Waals surface area contributed by atoms with Crippen molar-refractivity contribution in [2.75, 3.05) is 12.1 Å². The van der Waals surface area contributed by atoms with Crippen LogP contribution >= 0.6 is 0 Å². The van der Waals surface area contributed by atoms with Crippen LogP contribution in [0.15, 0.2) is 18.2 Å². The minimum atomic E-state index is -0.233. The van der Waals surface area contributed by atoms with E-state index in [0.29, 0.717) is 40.0 Å². The van der Waals surface area contributed by atoms with E-state index in [-0.39, 0.29) is 12.7 Å². The largest absolute Gasteiger partial charge is 0.454 e. The van der Waals surface area contributed by atoms with Gasteiger partial charge in [0.1, 0.15) is 5.82 Å². The Morgan fingerprint density at radius 3 is 2.48 bits per heavy atom. The standard InChI is InChI=1S/C15H15N3O3/c1-8-14(9(2)17-10(3)16-8)15(19)18-11-4-5-12-13(6-11)21-7-20-12/h4-6H,7H2,1-3H3,(H,18,19). The van der Waals surface area contributed by atoms with Crippen LogP contribution in [-0.4, -0.2) is 22.7 Å². The first-order valence-electron chi connectivity index (χ1n) is 6.57. The van der Waals surface area contributed by atoms with Crippen LogP contribution in [0, 0.1) is 20.8 Å². The summed E-state index contributed by atoms with van der Waals surface area (Å²) >= 11 is 0. The Bertz CT molecular complexity index is 705. The molecule has 1 aliphatic rings. The SMILES string of the molecule is Cc1nc(C)c(C(=O)Nc2ccc3c(c2)OCO3)c(C)n1. The van der Waals surface area contributed by atoms with Gasteiger partial charge in [-0.15, -0.1) is 0 Å². The van der Waals surface area contributed by atoms with Gasteiger partial charge in [0.15, 0.2) is 11.5 Å². The van der Waals surface area contributed by atoms with E-state index in [1.807, 2.05) is 0 Å². The number of rotatable bonds is 2. The second-order valence-electron chi connectivity index (χ2n) is 4.84. The normalized spacial score (nSPS) is 12.3. The van der Waals surface area contributed by atoms with Gasteiger partial charge >= 0.3 is 0 Å². The number of carbonyl (C=O) groups is 1. The van der Waals surface area contributed by atoms with Crippen LogP contribution in [-0.2, 0) is 0 Å². The van der Waals surface area contributed by atoms with Crippen LogP contribution in [0.1, 0.15) is 27.6 Å². The van der Waals surface area contributed by atoms with Crippen LogP contribution in [0.2, 0.25) is 0 Å². The fraction of sp³-hybridized carbons (Fsp3) is 0.267. The molecule has 108 valence electrons. The minimum Gasteiger partial charge on any atom is -0.454 e. The number of ether oxygens (including phenoxy) is 2. The zero-order chi connectivity index (χ0) is 15.0. The van der Waals surface area contributed by atoms with E-state index < -0.39 is 0 Å². The predicted molar refractivity (Wildman–Crippen MR) is 76.8 cm³/mol. The molecule has 1 aliphatic heterocycles. The Labute approximate surface area is 122 Å². The molecule has 0 aliphatic carbocycles. The Kier molecular flexibility index (Phi) is 3.21. The third-order valence-electron chi connectivity index (χ3n) is 3.24. The summed E-state index contributed by atoms with van der Waals surface area (Å²) in [7, 11) is 0. The molecule has 1 amide bonds. The quantitative estimate of drug-likeness (QED) is 0.917. The van der Waals surface area contributed by atoms with Crippen LogP contribution in [0.3, 0.4) is 0 Å². The summed E-state index contributed by atoms with van der Waals surface area (Å²) in [6, 6.07) is 5.27. The van der Waals surface area contributed by atoms with Crippen molar-refractivity contribution >= 4 is 11.6 Å². The molecule has 0 bridgehead atoms. The van der Waals surface area contributed by atoms with Crippen LogP contribution in [0.5, 0.6) is 11.5 Å². The smallest absolute Gasteiger partial charge is 0.259 e. The van der Waals surface area contributed by atoms with Crippen molar-refractivity contribution in [3.63, 3.8) is 0 Å². The molecular weight excluding hydrogens is 270 g/mol. The number of nitrogens with zero attached hydrogens (tertiary/aromatic N) is 2. The van der Waals surface area contributed by atoms with E-state index >= 15 is 0 Å². The van der Waals surface area contributed by atoms with Crippen molar-refractivity contribution in [2.45, 2.75) is 20.8 Å². The topological polar surface area (TPSA) is 73.3 Å². The Morgan fingerprint density at radius 2 is 1.76 bits per heavy atom. The highest BCUT2D eigenvalue weighted by atomic mass is 16.7. The van der Waals surface area contributed by atoms with Gasteiger partial charge in [-0.2, -0.15) is 0 Å². The predicted octanol–water partition coefficient (Wildman–Crippen LogP) is 2.38. The third-order valence-corrected chi connectivity index (χ3v) is 3.24. The number of anilines is 1. The van der Waals surface area contributed by atoms with E-state index in [4.69, 9.17) is 9.47 Å². The molecule has 21 heavy (non-hydrogen) atoms. The number of amides is 1. The molecule has 0 fully saturated rings. The summed E-state index contributed by atoms with van der Waals surface area (Å²) < 4.78 is 10.5. The average Bonchev–Trinajstić information content (AvgIpc) is 2.84. The fourth-order valence-electron chi connectivity index (χ4n) is 2.38. The van der Waals surface area contributed by atoms with E-state index in [2.05, 4.69) is 15.3 Å². The van der Waals surface area contributed by atoms with Gasteiger partial charge in [0, 0.05) is 11.8 Å². The van der Waals surface area contributed by atoms with E-state index in [9.17, 15) is 4.79 Å². The summed E-state index contributed by atoms with van der Waals surface area (Å²) in [6.07, 6.45) is 0. The molecule has 3 rings (SSSR count). The fourth-order valence-corrected chi connectivity index (χ4v) is 2.38. The van der Waals surface area contributed by atoms with Gasteiger partial charge in [-0.1, -0.05) is 0 Å². The first-order valence-corrected chi connectivity index (χ1v) is 6.57. The zero-order valence-electron chi connectivity index (χ0n) is 12.1. The van der Waals surface area contributed by atoms with Gasteiger partial charge in [0.05, 0.1) is 17.0 Å². The lowest BCUT2D eigenvalue weighted by molar-refractivity contribution is 0.102. The van der Waals surface area contributed by atoms with E-state index in [1.54, 1.807) is 39.0 Å². The van der Waals surface area contributed by atoms with Gasteiger partial charge < -0.3 is 14.8 Å². The van der Waals surface area contributed by atoms with Crippen LogP contribution < -0.4 is 14.8 Å². The van der Waals surface area contributed by atoms with Crippen LogP contribution in [0.4, 0.5) is 5.69 Å². The molecule has 0 saturated carbocycles. The highest BCUT2D eigenvalue weighted by molar-refractivity contribution is 6.05. The first kappa shape index (κ1) is 13.4. The molecule has 2 heterocycles. The molecule has 0 saturated heterocycles. The molecular formula is C15H15N3O3. The maximum Gasteiger partial charge on any atom is 0.259 e. The van der Waals surface area contributed by atoms with Gasteiger partial charge in [0.2, 0.25) is 6.79 Å². The van der Waals surface area contributed by atoms with Crippen molar-refractivity contribution < 1.29 is 14.3 Å². The third kappa shape index (κ3) is 2.52. The van der Waals surface area contributed by atoms with Gasteiger partial charge in [-0.25, -0.2) is 9.97 Å². The maximum atomic E-state index is 12.4. The number of carbonyl (C=O) groups excluding carboxylic acids is 1. The first-order chi connectivity index (χ1) is 10.0. The zero-order valence-corrected chi connectivity index (χ0v) is 12.1. The van der Waals surface area contributed by atoms with Crippen molar-refractivity contribution in [2.24, 2.45) is 0 Å². The van der Waals surface area contributed by atoms with Crippen molar-refractivity contribution in [3.05, 3.63) is 41.0 Å². The van der Waals surface area contributed by atoms with E-state index in [1.165, 1.54) is 0 Å². The van der Waals surface area contributed by atoms with E-state index in [0.717, 1.165) is 0 Å². The molecule has 2 aromatic rings. The number of hydrogen-bond donors (Lipinski definition) is 1. The number of aromatic nitrogens is 2. The van der Waals surface area contributed by atoms with Gasteiger partial charge in [-0.3, -0.25) is 4.79 Å². The average molecular weight is 285 g/mol. The summed E-state index contributed by atoms with van der Waals surface area (Å²) in [4.78, 5) is 20.9.